The molecule has 2 N–H and O–H groups in total. The molecule has 2 aliphatic rings. The van der Waals surface area contributed by atoms with Crippen LogP contribution in [-0.2, 0) is 16.0 Å². The average Bonchev–Trinajstić information content (AvgIpc) is 2.74. The van der Waals surface area contributed by atoms with E-state index in [4.69, 9.17) is 0 Å². The van der Waals surface area contributed by atoms with E-state index in [2.05, 4.69) is 28.4 Å². The van der Waals surface area contributed by atoms with Crippen LogP contribution >= 0.6 is 0 Å². The Balaban J connectivity index is 1.24. The molecule has 0 bridgehead atoms. The Morgan fingerprint density at radius 3 is 2.63 bits per heavy atom. The minimum absolute atomic E-state index is 0.139. The highest BCUT2D eigenvalue weighted by atomic mass is 19.1. The molecule has 2 aliphatic heterocycles. The summed E-state index contributed by atoms with van der Waals surface area (Å²) in [7, 11) is 0. The second kappa shape index (κ2) is 9.26. The molecule has 0 aliphatic carbocycles. The Labute approximate surface area is 176 Å². The molecule has 1 saturated heterocycles. The molecule has 2 heterocycles. The van der Waals surface area contributed by atoms with Gasteiger partial charge in [-0.15, -0.1) is 0 Å². The van der Waals surface area contributed by atoms with Gasteiger partial charge in [-0.25, -0.2) is 4.39 Å². The smallest absolute Gasteiger partial charge is 0.279 e. The highest BCUT2D eigenvalue weighted by Crippen LogP contribution is 2.26. The van der Waals surface area contributed by atoms with Gasteiger partial charge in [0, 0.05) is 17.9 Å². The first-order valence-corrected chi connectivity index (χ1v) is 10.6. The third kappa shape index (κ3) is 4.97. The van der Waals surface area contributed by atoms with Crippen LogP contribution in [-0.4, -0.2) is 62.5 Å². The van der Waals surface area contributed by atoms with Gasteiger partial charge in [0.15, 0.2) is 6.54 Å². The highest BCUT2D eigenvalue weighted by molar-refractivity contribution is 5.91. The first kappa shape index (κ1) is 20.3. The Morgan fingerprint density at radius 1 is 1.03 bits per heavy atom. The fourth-order valence-electron chi connectivity index (χ4n) is 4.29. The summed E-state index contributed by atoms with van der Waals surface area (Å²) >= 11 is 0. The normalized spacial score (nSPS) is 16.8. The van der Waals surface area contributed by atoms with Crippen molar-refractivity contribution in [2.45, 2.75) is 12.8 Å². The maximum atomic E-state index is 13.2. The van der Waals surface area contributed by atoms with Crippen LogP contribution in [0.2, 0.25) is 0 Å². The van der Waals surface area contributed by atoms with E-state index in [1.807, 2.05) is 11.0 Å². The van der Waals surface area contributed by atoms with Gasteiger partial charge in [-0.3, -0.25) is 9.59 Å². The van der Waals surface area contributed by atoms with E-state index < -0.39 is 0 Å². The number of carbonyl (C=O) groups excluding carboxylic acids is 2. The molecule has 7 heteroatoms. The predicted molar refractivity (Wildman–Crippen MR) is 114 cm³/mol. The minimum Gasteiger partial charge on any atom is -0.362 e. The van der Waals surface area contributed by atoms with Gasteiger partial charge in [0.05, 0.1) is 32.7 Å². The molecule has 0 radical (unpaired) electrons. The maximum Gasteiger partial charge on any atom is 0.279 e. The largest absolute Gasteiger partial charge is 0.362 e. The Kier molecular flexibility index (Phi) is 6.28. The highest BCUT2D eigenvalue weighted by Gasteiger charge is 2.27. The SMILES string of the molecule is O=C(C[NH+]1CCN(C(=O)CN2CCCc3ccccc32)CC1)Nc1cccc(F)c1. The first-order valence-electron chi connectivity index (χ1n) is 10.6. The molecule has 1 fully saturated rings. The number of aryl methyl sites for hydroxylation is 1. The van der Waals surface area contributed by atoms with Gasteiger partial charge < -0.3 is 20.0 Å². The van der Waals surface area contributed by atoms with Crippen molar-refractivity contribution in [1.29, 1.82) is 0 Å². The molecule has 6 nitrogen and oxygen atoms in total. The molecule has 2 aromatic rings. The molecular weight excluding hydrogens is 383 g/mol. The second-order valence-corrected chi connectivity index (χ2v) is 8.02. The summed E-state index contributed by atoms with van der Waals surface area (Å²) in [5.74, 6) is -0.362. The quantitative estimate of drug-likeness (QED) is 0.770. The fraction of sp³-hybridized carbons (Fsp3) is 0.391. The van der Waals surface area contributed by atoms with Crippen LogP contribution < -0.4 is 15.1 Å². The van der Waals surface area contributed by atoms with Crippen LogP contribution in [0.15, 0.2) is 48.5 Å². The Bertz CT molecular complexity index is 912. The van der Waals surface area contributed by atoms with Crippen LogP contribution in [0.4, 0.5) is 15.8 Å². The zero-order valence-corrected chi connectivity index (χ0v) is 17.1. The third-order valence-electron chi connectivity index (χ3n) is 5.87. The van der Waals surface area contributed by atoms with E-state index in [0.29, 0.717) is 31.9 Å². The molecule has 158 valence electrons. The maximum absolute atomic E-state index is 13.2. The molecule has 2 amide bonds. The van der Waals surface area contributed by atoms with Crippen LogP contribution in [0.25, 0.3) is 0 Å². The predicted octanol–water partition coefficient (Wildman–Crippen LogP) is 0.944. The van der Waals surface area contributed by atoms with Crippen LogP contribution in [0.1, 0.15) is 12.0 Å². The van der Waals surface area contributed by atoms with Crippen LogP contribution in [0, 0.1) is 5.82 Å². The number of quaternary nitrogens is 1. The zero-order valence-electron chi connectivity index (χ0n) is 17.1. The summed E-state index contributed by atoms with van der Waals surface area (Å²) in [6, 6.07) is 14.2. The molecule has 0 unspecified atom stereocenters. The van der Waals surface area contributed by atoms with Crippen LogP contribution in [0.3, 0.4) is 0 Å². The van der Waals surface area contributed by atoms with E-state index >= 15 is 0 Å². The molecular formula is C23H28FN4O2+. The summed E-state index contributed by atoms with van der Waals surface area (Å²) in [4.78, 5) is 30.3. The van der Waals surface area contributed by atoms with Crippen molar-refractivity contribution in [3.63, 3.8) is 0 Å². The third-order valence-corrected chi connectivity index (χ3v) is 5.87. The van der Waals surface area contributed by atoms with Gasteiger partial charge in [0.25, 0.3) is 5.91 Å². The fourth-order valence-corrected chi connectivity index (χ4v) is 4.29. The van der Waals surface area contributed by atoms with Gasteiger partial charge in [-0.1, -0.05) is 24.3 Å². The standard InChI is InChI=1S/C23H27FN4O2/c24-19-7-3-8-20(15-19)25-22(29)16-26-11-13-27(14-12-26)23(30)17-28-10-4-6-18-5-1-2-9-21(18)28/h1-3,5,7-9,15H,4,6,10-14,16-17H2,(H,25,29)/p+1. The molecule has 0 saturated carbocycles. The van der Waals surface area contributed by atoms with Gasteiger partial charge in [-0.2, -0.15) is 0 Å². The number of benzene rings is 2. The lowest BCUT2D eigenvalue weighted by Crippen LogP contribution is -3.15. The molecule has 0 atom stereocenters. The van der Waals surface area contributed by atoms with E-state index in [-0.39, 0.29) is 17.6 Å². The molecule has 2 aromatic carbocycles. The van der Waals surface area contributed by atoms with Gasteiger partial charge in [0.2, 0.25) is 5.91 Å². The van der Waals surface area contributed by atoms with Crippen molar-refractivity contribution in [3.05, 3.63) is 59.9 Å². The topological polar surface area (TPSA) is 57.1 Å². The number of nitrogens with one attached hydrogen (secondary N) is 2. The van der Waals surface area contributed by atoms with Crippen molar-refractivity contribution in [2.24, 2.45) is 0 Å². The summed E-state index contributed by atoms with van der Waals surface area (Å²) in [6.07, 6.45) is 2.14. The van der Waals surface area contributed by atoms with E-state index in [0.717, 1.165) is 37.4 Å². The molecule has 30 heavy (non-hydrogen) atoms. The van der Waals surface area contributed by atoms with Crippen molar-refractivity contribution >= 4 is 23.2 Å². The van der Waals surface area contributed by atoms with E-state index in [9.17, 15) is 14.0 Å². The lowest BCUT2D eigenvalue weighted by Gasteiger charge is -2.35. The van der Waals surface area contributed by atoms with Crippen molar-refractivity contribution in [1.82, 2.24) is 4.90 Å². The van der Waals surface area contributed by atoms with Crippen molar-refractivity contribution in [3.8, 4) is 0 Å². The number of hydrogen-bond acceptors (Lipinski definition) is 3. The number of carbonyl (C=O) groups is 2. The molecule has 4 rings (SSSR count). The molecule has 0 spiro atoms. The lowest BCUT2D eigenvalue weighted by atomic mass is 10.0. The van der Waals surface area contributed by atoms with Gasteiger partial charge >= 0.3 is 0 Å². The number of amides is 2. The van der Waals surface area contributed by atoms with Crippen LogP contribution in [0.5, 0.6) is 0 Å². The lowest BCUT2D eigenvalue weighted by molar-refractivity contribution is -0.895. The number of hydrogen-bond donors (Lipinski definition) is 2. The number of piperazine rings is 1. The number of anilines is 2. The number of halogens is 1. The minimum atomic E-state index is -0.372. The zero-order chi connectivity index (χ0) is 20.9. The number of nitrogens with zero attached hydrogens (tertiary/aromatic N) is 2. The number of rotatable bonds is 5. The average molecular weight is 412 g/mol. The monoisotopic (exact) mass is 411 g/mol. The first-order chi connectivity index (χ1) is 14.6. The van der Waals surface area contributed by atoms with E-state index in [1.165, 1.54) is 23.4 Å². The summed E-state index contributed by atoms with van der Waals surface area (Å²) in [5.41, 5.74) is 2.96. The van der Waals surface area contributed by atoms with Gasteiger partial charge in [-0.05, 0) is 42.7 Å². The molecule has 0 aromatic heterocycles. The summed E-state index contributed by atoms with van der Waals surface area (Å²) in [5, 5.41) is 2.74. The number of fused-ring (bicyclic) bond motifs is 1. The Morgan fingerprint density at radius 2 is 1.83 bits per heavy atom. The van der Waals surface area contributed by atoms with Crippen molar-refractivity contribution in [2.75, 3.05) is 56.0 Å². The van der Waals surface area contributed by atoms with Gasteiger partial charge in [0.1, 0.15) is 5.82 Å². The number of para-hydroxylation sites is 1. The van der Waals surface area contributed by atoms with Crippen molar-refractivity contribution < 1.29 is 18.9 Å². The summed E-state index contributed by atoms with van der Waals surface area (Å²) in [6.45, 7) is 4.41. The van der Waals surface area contributed by atoms with E-state index in [1.54, 1.807) is 12.1 Å². The summed E-state index contributed by atoms with van der Waals surface area (Å²) < 4.78 is 13.2. The second-order valence-electron chi connectivity index (χ2n) is 8.02. The Hall–Kier alpha value is -2.93.